The average Bonchev–Trinajstić information content (AvgIpc) is 2.41. The van der Waals surface area contributed by atoms with E-state index in [0.29, 0.717) is 18.7 Å². The molecule has 0 spiro atoms. The molecule has 0 unspecified atom stereocenters. The Bertz CT molecular complexity index is 538. The molecular weight excluding hydrogens is 226 g/mol. The summed E-state index contributed by atoms with van der Waals surface area (Å²) in [5.74, 6) is 1.11. The molecule has 18 heavy (non-hydrogen) atoms. The van der Waals surface area contributed by atoms with Crippen molar-refractivity contribution in [1.82, 2.24) is 0 Å². The zero-order valence-corrected chi connectivity index (χ0v) is 10.4. The Morgan fingerprint density at radius 2 is 1.94 bits per heavy atom. The SMILES string of the molecule is COc1ccccc1-c1ccc(O)c(CCN)c1. The summed E-state index contributed by atoms with van der Waals surface area (Å²) in [6.45, 7) is 0.517. The van der Waals surface area contributed by atoms with Crippen LogP contribution in [0.5, 0.6) is 11.5 Å². The van der Waals surface area contributed by atoms with Gasteiger partial charge in [0.05, 0.1) is 7.11 Å². The van der Waals surface area contributed by atoms with Gasteiger partial charge in [-0.2, -0.15) is 0 Å². The maximum absolute atomic E-state index is 9.75. The lowest BCUT2D eigenvalue weighted by molar-refractivity contribution is 0.416. The Morgan fingerprint density at radius 3 is 2.67 bits per heavy atom. The molecule has 94 valence electrons. The van der Waals surface area contributed by atoms with Crippen molar-refractivity contribution in [2.45, 2.75) is 6.42 Å². The predicted octanol–water partition coefficient (Wildman–Crippen LogP) is 2.57. The van der Waals surface area contributed by atoms with Crippen LogP contribution in [0, 0.1) is 0 Å². The monoisotopic (exact) mass is 243 g/mol. The van der Waals surface area contributed by atoms with E-state index in [9.17, 15) is 5.11 Å². The summed E-state index contributed by atoms with van der Waals surface area (Å²) >= 11 is 0. The standard InChI is InChI=1S/C15H17NO2/c1-18-15-5-3-2-4-13(15)11-6-7-14(17)12(10-11)8-9-16/h2-7,10,17H,8-9,16H2,1H3. The lowest BCUT2D eigenvalue weighted by Gasteiger charge is -2.10. The van der Waals surface area contributed by atoms with Gasteiger partial charge in [-0.15, -0.1) is 0 Å². The molecule has 3 heteroatoms. The first-order chi connectivity index (χ1) is 8.76. The number of rotatable bonds is 4. The highest BCUT2D eigenvalue weighted by atomic mass is 16.5. The molecule has 0 saturated carbocycles. The first kappa shape index (κ1) is 12.5. The molecule has 0 radical (unpaired) electrons. The Morgan fingerprint density at radius 1 is 1.17 bits per heavy atom. The summed E-state index contributed by atoms with van der Waals surface area (Å²) in [5.41, 5.74) is 8.43. The van der Waals surface area contributed by atoms with Gasteiger partial charge in [-0.1, -0.05) is 24.3 Å². The van der Waals surface area contributed by atoms with Crippen LogP contribution in [-0.4, -0.2) is 18.8 Å². The van der Waals surface area contributed by atoms with Crippen LogP contribution in [0.15, 0.2) is 42.5 Å². The van der Waals surface area contributed by atoms with Crippen LogP contribution in [-0.2, 0) is 6.42 Å². The second kappa shape index (κ2) is 5.56. The van der Waals surface area contributed by atoms with Crippen LogP contribution in [0.2, 0.25) is 0 Å². The number of nitrogens with two attached hydrogens (primary N) is 1. The average molecular weight is 243 g/mol. The van der Waals surface area contributed by atoms with Crippen LogP contribution >= 0.6 is 0 Å². The number of para-hydroxylation sites is 1. The number of hydrogen-bond donors (Lipinski definition) is 2. The fourth-order valence-electron chi connectivity index (χ4n) is 1.99. The summed E-state index contributed by atoms with van der Waals surface area (Å²) in [7, 11) is 1.65. The minimum Gasteiger partial charge on any atom is -0.508 e. The van der Waals surface area contributed by atoms with Gasteiger partial charge in [0.2, 0.25) is 0 Å². The van der Waals surface area contributed by atoms with Gasteiger partial charge < -0.3 is 15.6 Å². The molecule has 2 rings (SSSR count). The van der Waals surface area contributed by atoms with Gasteiger partial charge >= 0.3 is 0 Å². The topological polar surface area (TPSA) is 55.5 Å². The number of phenolic OH excluding ortho intramolecular Hbond substituents is 1. The van der Waals surface area contributed by atoms with Crippen molar-refractivity contribution in [2.75, 3.05) is 13.7 Å². The lowest BCUT2D eigenvalue weighted by Crippen LogP contribution is -2.03. The minimum absolute atomic E-state index is 0.291. The van der Waals surface area contributed by atoms with Gasteiger partial charge in [-0.3, -0.25) is 0 Å². The Kier molecular flexibility index (Phi) is 3.85. The molecule has 0 atom stereocenters. The number of aromatic hydroxyl groups is 1. The van der Waals surface area contributed by atoms with Crippen LogP contribution in [0.4, 0.5) is 0 Å². The molecule has 0 aliphatic carbocycles. The van der Waals surface area contributed by atoms with E-state index in [-0.39, 0.29) is 0 Å². The Balaban J connectivity index is 2.47. The normalized spacial score (nSPS) is 10.3. The van der Waals surface area contributed by atoms with E-state index in [1.807, 2.05) is 36.4 Å². The molecule has 3 N–H and O–H groups in total. The molecule has 0 aliphatic rings. The van der Waals surface area contributed by atoms with E-state index < -0.39 is 0 Å². The molecule has 0 amide bonds. The summed E-state index contributed by atoms with van der Waals surface area (Å²) in [6, 6.07) is 13.4. The van der Waals surface area contributed by atoms with Crippen molar-refractivity contribution in [3.8, 4) is 22.6 Å². The molecule has 3 nitrogen and oxygen atoms in total. The largest absolute Gasteiger partial charge is 0.508 e. The molecule has 0 aliphatic heterocycles. The van der Waals surface area contributed by atoms with E-state index in [0.717, 1.165) is 22.4 Å². The van der Waals surface area contributed by atoms with Crippen molar-refractivity contribution in [1.29, 1.82) is 0 Å². The zero-order valence-electron chi connectivity index (χ0n) is 10.4. The van der Waals surface area contributed by atoms with E-state index >= 15 is 0 Å². The lowest BCUT2D eigenvalue weighted by atomic mass is 10.00. The van der Waals surface area contributed by atoms with Gasteiger partial charge in [0.25, 0.3) is 0 Å². The summed E-state index contributed by atoms with van der Waals surface area (Å²) < 4.78 is 5.34. The van der Waals surface area contributed by atoms with Gasteiger partial charge in [0.1, 0.15) is 11.5 Å². The summed E-state index contributed by atoms with van der Waals surface area (Å²) in [4.78, 5) is 0. The molecule has 0 bridgehead atoms. The fourth-order valence-corrected chi connectivity index (χ4v) is 1.99. The highest BCUT2D eigenvalue weighted by Crippen LogP contribution is 2.32. The first-order valence-electron chi connectivity index (χ1n) is 5.91. The van der Waals surface area contributed by atoms with Gasteiger partial charge in [-0.25, -0.2) is 0 Å². The van der Waals surface area contributed by atoms with E-state index in [1.165, 1.54) is 0 Å². The quantitative estimate of drug-likeness (QED) is 0.867. The number of benzene rings is 2. The second-order valence-electron chi connectivity index (χ2n) is 4.08. The van der Waals surface area contributed by atoms with E-state index in [2.05, 4.69) is 0 Å². The Labute approximate surface area is 107 Å². The van der Waals surface area contributed by atoms with E-state index in [4.69, 9.17) is 10.5 Å². The molecule has 2 aromatic carbocycles. The van der Waals surface area contributed by atoms with Crippen molar-refractivity contribution in [2.24, 2.45) is 5.73 Å². The van der Waals surface area contributed by atoms with E-state index in [1.54, 1.807) is 13.2 Å². The van der Waals surface area contributed by atoms with Crippen LogP contribution in [0.25, 0.3) is 11.1 Å². The van der Waals surface area contributed by atoms with Gasteiger partial charge in [0, 0.05) is 5.56 Å². The third-order valence-corrected chi connectivity index (χ3v) is 2.91. The molecule has 0 aromatic heterocycles. The van der Waals surface area contributed by atoms with Crippen molar-refractivity contribution in [3.05, 3.63) is 48.0 Å². The molecule has 2 aromatic rings. The first-order valence-corrected chi connectivity index (χ1v) is 5.91. The van der Waals surface area contributed by atoms with Crippen LogP contribution < -0.4 is 10.5 Å². The third-order valence-electron chi connectivity index (χ3n) is 2.91. The number of methoxy groups -OCH3 is 1. The molecular formula is C15H17NO2. The van der Waals surface area contributed by atoms with Gasteiger partial charge in [-0.05, 0) is 42.3 Å². The number of phenols is 1. The van der Waals surface area contributed by atoms with Crippen LogP contribution in [0.3, 0.4) is 0 Å². The van der Waals surface area contributed by atoms with Gasteiger partial charge in [0.15, 0.2) is 0 Å². The van der Waals surface area contributed by atoms with Crippen molar-refractivity contribution >= 4 is 0 Å². The number of hydrogen-bond acceptors (Lipinski definition) is 3. The third kappa shape index (κ3) is 2.46. The fraction of sp³-hybridized carbons (Fsp3) is 0.200. The number of ether oxygens (including phenoxy) is 1. The maximum Gasteiger partial charge on any atom is 0.126 e. The summed E-state index contributed by atoms with van der Waals surface area (Å²) in [5, 5.41) is 9.75. The molecule has 0 heterocycles. The minimum atomic E-state index is 0.291. The van der Waals surface area contributed by atoms with Crippen molar-refractivity contribution in [3.63, 3.8) is 0 Å². The smallest absolute Gasteiger partial charge is 0.126 e. The highest BCUT2D eigenvalue weighted by molar-refractivity contribution is 5.71. The molecule has 0 fully saturated rings. The van der Waals surface area contributed by atoms with Crippen molar-refractivity contribution < 1.29 is 9.84 Å². The van der Waals surface area contributed by atoms with Crippen LogP contribution in [0.1, 0.15) is 5.56 Å². The predicted molar refractivity (Wildman–Crippen MR) is 72.9 cm³/mol. The molecule has 0 saturated heterocycles. The summed E-state index contributed by atoms with van der Waals surface area (Å²) in [6.07, 6.45) is 0.662. The Hall–Kier alpha value is -2.00. The maximum atomic E-state index is 9.75. The highest BCUT2D eigenvalue weighted by Gasteiger charge is 2.07. The second-order valence-corrected chi connectivity index (χ2v) is 4.08. The zero-order chi connectivity index (χ0) is 13.0.